The number of nitrogens with two attached hydrogens (primary N) is 1. The Bertz CT molecular complexity index is 767. The van der Waals surface area contributed by atoms with Crippen molar-refractivity contribution in [2.45, 2.75) is 6.92 Å². The third-order valence-electron chi connectivity index (χ3n) is 3.11. The number of halogens is 1. The first-order valence-corrected chi connectivity index (χ1v) is 6.48. The zero-order valence-corrected chi connectivity index (χ0v) is 11.6. The molecule has 0 saturated carbocycles. The minimum absolute atomic E-state index is 0.316. The highest BCUT2D eigenvalue weighted by Gasteiger charge is 2.20. The highest BCUT2D eigenvalue weighted by molar-refractivity contribution is 6.33. The Kier molecular flexibility index (Phi) is 3.16. The highest BCUT2D eigenvalue weighted by atomic mass is 35.5. The second-order valence-electron chi connectivity index (χ2n) is 4.39. The lowest BCUT2D eigenvalue weighted by Crippen LogP contribution is -1.91. The number of hydrogen-bond acceptors (Lipinski definition) is 4. The standard InChI is InChI=1S/C15H12ClN3O/c1-9-10(6-4-8-18-9)14-13(15(17)19-20-14)11-5-2-3-7-12(11)16/h2-8H,1H3,(H2,17,19). The van der Waals surface area contributed by atoms with Gasteiger partial charge in [0.1, 0.15) is 0 Å². The van der Waals surface area contributed by atoms with Crippen molar-refractivity contribution in [1.82, 2.24) is 10.1 Å². The molecule has 2 N–H and O–H groups in total. The van der Waals surface area contributed by atoms with E-state index in [4.69, 9.17) is 21.9 Å². The largest absolute Gasteiger partial charge is 0.380 e. The third kappa shape index (κ3) is 2.04. The number of hydrogen-bond donors (Lipinski definition) is 1. The lowest BCUT2D eigenvalue weighted by atomic mass is 10.0. The van der Waals surface area contributed by atoms with Crippen molar-refractivity contribution in [3.63, 3.8) is 0 Å². The summed E-state index contributed by atoms with van der Waals surface area (Å²) in [6.07, 6.45) is 1.73. The van der Waals surface area contributed by atoms with Crippen molar-refractivity contribution < 1.29 is 4.52 Å². The van der Waals surface area contributed by atoms with E-state index in [1.54, 1.807) is 6.20 Å². The van der Waals surface area contributed by atoms with Crippen LogP contribution in [0.1, 0.15) is 5.69 Å². The monoisotopic (exact) mass is 285 g/mol. The fourth-order valence-corrected chi connectivity index (χ4v) is 2.36. The number of aryl methyl sites for hydroxylation is 1. The highest BCUT2D eigenvalue weighted by Crippen LogP contribution is 2.40. The molecule has 4 nitrogen and oxygen atoms in total. The minimum Gasteiger partial charge on any atom is -0.380 e. The van der Waals surface area contributed by atoms with Gasteiger partial charge in [0, 0.05) is 28.0 Å². The van der Waals surface area contributed by atoms with E-state index in [2.05, 4.69) is 10.1 Å². The molecule has 0 amide bonds. The first-order valence-electron chi connectivity index (χ1n) is 6.10. The number of pyridine rings is 1. The molecule has 3 rings (SSSR count). The minimum atomic E-state index is 0.316. The van der Waals surface area contributed by atoms with Crippen LogP contribution in [0.3, 0.4) is 0 Å². The molecule has 0 aliphatic rings. The Morgan fingerprint density at radius 3 is 2.60 bits per heavy atom. The van der Waals surface area contributed by atoms with Crippen LogP contribution in [0.4, 0.5) is 5.82 Å². The van der Waals surface area contributed by atoms with Crippen LogP contribution >= 0.6 is 11.6 Å². The molecule has 20 heavy (non-hydrogen) atoms. The summed E-state index contributed by atoms with van der Waals surface area (Å²) >= 11 is 6.25. The summed E-state index contributed by atoms with van der Waals surface area (Å²) in [7, 11) is 0. The molecule has 0 spiro atoms. The maximum absolute atomic E-state index is 6.25. The topological polar surface area (TPSA) is 64.9 Å². The molecule has 0 bridgehead atoms. The number of nitrogen functional groups attached to an aromatic ring is 1. The van der Waals surface area contributed by atoms with Crippen molar-refractivity contribution in [3.8, 4) is 22.5 Å². The van der Waals surface area contributed by atoms with Gasteiger partial charge in [-0.25, -0.2) is 0 Å². The maximum Gasteiger partial charge on any atom is 0.178 e. The van der Waals surface area contributed by atoms with Gasteiger partial charge in [0.2, 0.25) is 0 Å². The molecule has 1 aromatic carbocycles. The van der Waals surface area contributed by atoms with Crippen molar-refractivity contribution >= 4 is 17.4 Å². The van der Waals surface area contributed by atoms with Crippen LogP contribution in [-0.4, -0.2) is 10.1 Å². The van der Waals surface area contributed by atoms with E-state index in [1.165, 1.54) is 0 Å². The summed E-state index contributed by atoms with van der Waals surface area (Å²) in [5.41, 5.74) is 9.14. The summed E-state index contributed by atoms with van der Waals surface area (Å²) < 4.78 is 5.40. The summed E-state index contributed by atoms with van der Waals surface area (Å²) in [5, 5.41) is 4.47. The van der Waals surface area contributed by atoms with Gasteiger partial charge in [0.05, 0.1) is 5.56 Å². The molecule has 0 aliphatic carbocycles. The number of nitrogens with zero attached hydrogens (tertiary/aromatic N) is 2. The van der Waals surface area contributed by atoms with Gasteiger partial charge < -0.3 is 10.3 Å². The van der Waals surface area contributed by atoms with E-state index >= 15 is 0 Å². The SMILES string of the molecule is Cc1ncccc1-c1onc(N)c1-c1ccccc1Cl. The van der Waals surface area contributed by atoms with Crippen LogP contribution in [0.15, 0.2) is 47.1 Å². The second-order valence-corrected chi connectivity index (χ2v) is 4.80. The summed E-state index contributed by atoms with van der Waals surface area (Å²) in [6, 6.07) is 11.2. The van der Waals surface area contributed by atoms with Gasteiger partial charge in [-0.1, -0.05) is 35.0 Å². The van der Waals surface area contributed by atoms with Crippen LogP contribution < -0.4 is 5.73 Å². The zero-order valence-electron chi connectivity index (χ0n) is 10.8. The molecule has 0 aliphatic heterocycles. The number of aromatic nitrogens is 2. The van der Waals surface area contributed by atoms with Crippen LogP contribution in [-0.2, 0) is 0 Å². The van der Waals surface area contributed by atoms with E-state index in [0.29, 0.717) is 22.2 Å². The molecule has 5 heteroatoms. The molecule has 0 saturated heterocycles. The smallest absolute Gasteiger partial charge is 0.178 e. The quantitative estimate of drug-likeness (QED) is 0.774. The van der Waals surface area contributed by atoms with Gasteiger partial charge in [-0.15, -0.1) is 0 Å². The average molecular weight is 286 g/mol. The Labute approximate surface area is 121 Å². The van der Waals surface area contributed by atoms with E-state index < -0.39 is 0 Å². The molecule has 0 atom stereocenters. The molecular weight excluding hydrogens is 274 g/mol. The van der Waals surface area contributed by atoms with Crippen LogP contribution in [0.25, 0.3) is 22.5 Å². The van der Waals surface area contributed by atoms with Crippen LogP contribution in [0, 0.1) is 6.92 Å². The van der Waals surface area contributed by atoms with Crippen LogP contribution in [0.2, 0.25) is 5.02 Å². The van der Waals surface area contributed by atoms with Crippen LogP contribution in [0.5, 0.6) is 0 Å². The Morgan fingerprint density at radius 1 is 1.10 bits per heavy atom. The zero-order chi connectivity index (χ0) is 14.1. The lowest BCUT2D eigenvalue weighted by Gasteiger charge is -2.06. The van der Waals surface area contributed by atoms with Gasteiger partial charge in [0.25, 0.3) is 0 Å². The van der Waals surface area contributed by atoms with Gasteiger partial charge in [-0.05, 0) is 25.1 Å². The lowest BCUT2D eigenvalue weighted by molar-refractivity contribution is 0.435. The number of anilines is 1. The maximum atomic E-state index is 6.25. The Morgan fingerprint density at radius 2 is 1.85 bits per heavy atom. The fraction of sp³-hybridized carbons (Fsp3) is 0.0667. The van der Waals surface area contributed by atoms with Crippen molar-refractivity contribution in [3.05, 3.63) is 53.3 Å². The van der Waals surface area contributed by atoms with E-state index in [9.17, 15) is 0 Å². The van der Waals surface area contributed by atoms with Crippen molar-refractivity contribution in [2.75, 3.05) is 5.73 Å². The first-order chi connectivity index (χ1) is 9.68. The van der Waals surface area contributed by atoms with E-state index in [1.807, 2.05) is 43.3 Å². The summed E-state index contributed by atoms with van der Waals surface area (Å²) in [5.74, 6) is 0.901. The van der Waals surface area contributed by atoms with E-state index in [-0.39, 0.29) is 0 Å². The first kappa shape index (κ1) is 12.7. The molecule has 0 radical (unpaired) electrons. The number of rotatable bonds is 2. The Hall–Kier alpha value is -2.33. The fourth-order valence-electron chi connectivity index (χ4n) is 2.13. The molecule has 3 aromatic rings. The van der Waals surface area contributed by atoms with Crippen molar-refractivity contribution in [2.24, 2.45) is 0 Å². The number of benzene rings is 1. The second kappa shape index (κ2) is 4.98. The van der Waals surface area contributed by atoms with Gasteiger partial charge in [-0.3, -0.25) is 4.98 Å². The molecule has 2 aromatic heterocycles. The van der Waals surface area contributed by atoms with Crippen molar-refractivity contribution in [1.29, 1.82) is 0 Å². The van der Waals surface area contributed by atoms with E-state index in [0.717, 1.165) is 16.8 Å². The molecule has 100 valence electrons. The van der Waals surface area contributed by atoms with Gasteiger partial charge in [0.15, 0.2) is 11.6 Å². The summed E-state index contributed by atoms with van der Waals surface area (Å²) in [6.45, 7) is 1.91. The molecule has 0 unspecified atom stereocenters. The predicted molar refractivity (Wildman–Crippen MR) is 79.3 cm³/mol. The summed E-state index contributed by atoms with van der Waals surface area (Å²) in [4.78, 5) is 4.26. The predicted octanol–water partition coefficient (Wildman–Crippen LogP) is 3.95. The molecule has 0 fully saturated rings. The van der Waals surface area contributed by atoms with Gasteiger partial charge in [-0.2, -0.15) is 0 Å². The Balaban J connectivity index is 2.26. The normalized spacial score (nSPS) is 10.7. The molecular formula is C15H12ClN3O. The van der Waals surface area contributed by atoms with Gasteiger partial charge >= 0.3 is 0 Å². The third-order valence-corrected chi connectivity index (χ3v) is 3.44. The molecule has 2 heterocycles. The average Bonchev–Trinajstić information content (AvgIpc) is 2.82.